The summed E-state index contributed by atoms with van der Waals surface area (Å²) in [6.07, 6.45) is 10.7. The summed E-state index contributed by atoms with van der Waals surface area (Å²) in [5.74, 6) is 1.98. The fourth-order valence-electron chi connectivity index (χ4n) is 10.7. The summed E-state index contributed by atoms with van der Waals surface area (Å²) >= 11 is 0. The lowest BCUT2D eigenvalue weighted by Gasteiger charge is -2.68. The zero-order chi connectivity index (χ0) is 27.8. The molecular formula is C38H52. The molecule has 0 amide bonds. The molecule has 4 aliphatic carbocycles. The summed E-state index contributed by atoms with van der Waals surface area (Å²) < 4.78 is 0. The highest BCUT2D eigenvalue weighted by Crippen LogP contribution is 2.75. The van der Waals surface area contributed by atoms with Crippen LogP contribution >= 0.6 is 0 Å². The SMILES string of the molecule is C=C(C)C1=C(C)C[C@@]2(C)[C@H](CC)[C@]3(C)C(=C(C)[C@@]2(C)C1=C)C(=C)c1c(C)cccc1[C@H]3CCC1CCCC1. The number of allylic oxidation sites excluding steroid dienone is 7. The van der Waals surface area contributed by atoms with E-state index in [9.17, 15) is 0 Å². The van der Waals surface area contributed by atoms with E-state index in [1.54, 1.807) is 11.1 Å². The zero-order valence-electron chi connectivity index (χ0n) is 25.7. The Morgan fingerprint density at radius 2 is 1.66 bits per heavy atom. The average Bonchev–Trinajstić information content (AvgIpc) is 3.35. The highest BCUT2D eigenvalue weighted by atomic mass is 14.7. The highest BCUT2D eigenvalue weighted by molar-refractivity contribution is 5.87. The van der Waals surface area contributed by atoms with Gasteiger partial charge in [0.1, 0.15) is 0 Å². The summed E-state index contributed by atoms with van der Waals surface area (Å²) in [5, 5.41) is 0. The molecular weight excluding hydrogens is 456 g/mol. The van der Waals surface area contributed by atoms with E-state index >= 15 is 0 Å². The molecule has 1 saturated carbocycles. The third-order valence-corrected chi connectivity index (χ3v) is 12.4. The monoisotopic (exact) mass is 508 g/mol. The van der Waals surface area contributed by atoms with Gasteiger partial charge in [-0.1, -0.05) is 114 Å². The Morgan fingerprint density at radius 3 is 2.26 bits per heavy atom. The van der Waals surface area contributed by atoms with Gasteiger partial charge >= 0.3 is 0 Å². The van der Waals surface area contributed by atoms with E-state index in [-0.39, 0.29) is 16.2 Å². The van der Waals surface area contributed by atoms with Gasteiger partial charge in [0.05, 0.1) is 0 Å². The molecule has 0 heterocycles. The van der Waals surface area contributed by atoms with E-state index in [1.165, 1.54) is 83.9 Å². The molecule has 0 unspecified atom stereocenters. The lowest BCUT2D eigenvalue weighted by atomic mass is 9.35. The van der Waals surface area contributed by atoms with Crippen molar-refractivity contribution in [2.45, 2.75) is 113 Å². The van der Waals surface area contributed by atoms with Gasteiger partial charge < -0.3 is 0 Å². The first-order valence-corrected chi connectivity index (χ1v) is 15.4. The van der Waals surface area contributed by atoms with Crippen LogP contribution in [0.5, 0.6) is 0 Å². The van der Waals surface area contributed by atoms with Crippen LogP contribution in [0.15, 0.2) is 71.4 Å². The smallest absolute Gasteiger partial charge is 0.0196 e. The van der Waals surface area contributed by atoms with E-state index < -0.39 is 0 Å². The second-order valence-corrected chi connectivity index (χ2v) is 14.2. The van der Waals surface area contributed by atoms with Gasteiger partial charge in [-0.05, 0) is 109 Å². The quantitative estimate of drug-likeness (QED) is 0.371. The zero-order valence-corrected chi connectivity index (χ0v) is 25.7. The van der Waals surface area contributed by atoms with Crippen LogP contribution in [0.2, 0.25) is 0 Å². The number of hydrogen-bond donors (Lipinski definition) is 0. The first-order chi connectivity index (χ1) is 17.9. The second kappa shape index (κ2) is 9.25. The molecule has 0 aromatic heterocycles. The molecule has 0 bridgehead atoms. The Morgan fingerprint density at radius 1 is 1.00 bits per heavy atom. The van der Waals surface area contributed by atoms with Crippen molar-refractivity contribution in [2.75, 3.05) is 0 Å². The molecule has 0 nitrogen and oxygen atoms in total. The van der Waals surface area contributed by atoms with E-state index in [2.05, 4.69) is 80.2 Å². The van der Waals surface area contributed by atoms with E-state index in [1.807, 2.05) is 0 Å². The van der Waals surface area contributed by atoms with Crippen molar-refractivity contribution in [3.05, 3.63) is 88.1 Å². The van der Waals surface area contributed by atoms with Crippen LogP contribution in [-0.2, 0) is 0 Å². The highest BCUT2D eigenvalue weighted by Gasteiger charge is 2.66. The van der Waals surface area contributed by atoms with Gasteiger partial charge in [-0.25, -0.2) is 0 Å². The fraction of sp³-hybridized carbons (Fsp3) is 0.579. The predicted octanol–water partition coefficient (Wildman–Crippen LogP) is 11.3. The van der Waals surface area contributed by atoms with Crippen LogP contribution in [0, 0.1) is 35.0 Å². The summed E-state index contributed by atoms with van der Waals surface area (Å²) in [6.45, 7) is 33.7. The van der Waals surface area contributed by atoms with Gasteiger partial charge in [-0.2, -0.15) is 0 Å². The van der Waals surface area contributed by atoms with Crippen molar-refractivity contribution in [1.29, 1.82) is 0 Å². The molecule has 0 spiro atoms. The van der Waals surface area contributed by atoms with Gasteiger partial charge in [0.15, 0.2) is 0 Å². The number of rotatable bonds is 5. The normalized spacial score (nSPS) is 35.4. The molecule has 5 atom stereocenters. The molecule has 0 saturated heterocycles. The maximum Gasteiger partial charge on any atom is 0.0196 e. The van der Waals surface area contributed by atoms with E-state index in [4.69, 9.17) is 13.2 Å². The van der Waals surface area contributed by atoms with Crippen LogP contribution in [0.1, 0.15) is 122 Å². The summed E-state index contributed by atoms with van der Waals surface area (Å²) in [5.41, 5.74) is 14.1. The second-order valence-electron chi connectivity index (χ2n) is 14.2. The Kier molecular flexibility index (Phi) is 6.69. The molecule has 0 radical (unpaired) electrons. The number of fused-ring (bicyclic) bond motifs is 3. The van der Waals surface area contributed by atoms with Crippen molar-refractivity contribution in [3.63, 3.8) is 0 Å². The molecule has 204 valence electrons. The maximum absolute atomic E-state index is 4.91. The standard InChI is InChI=1S/C38H52/c1-12-32-36(9)22-25(5)33(23(2)3)27(7)38(36,11)28(8)35-26(6)34-24(4)16-15-19-30(34)31(37(32,35)10)21-20-29-17-13-14-18-29/h15-16,19,29,31-32H,2,6-7,12-14,17-18,20-22H2,1,3-5,8-11H3/t31-,32+,36+,37-,38-/m1/s1. The maximum atomic E-state index is 4.91. The third kappa shape index (κ3) is 3.40. The molecule has 0 aliphatic heterocycles. The van der Waals surface area contributed by atoms with E-state index in [0.29, 0.717) is 11.8 Å². The summed E-state index contributed by atoms with van der Waals surface area (Å²) in [4.78, 5) is 0. The van der Waals surface area contributed by atoms with Gasteiger partial charge in [-0.15, -0.1) is 0 Å². The van der Waals surface area contributed by atoms with Crippen LogP contribution in [0.25, 0.3) is 5.57 Å². The Labute approximate surface area is 234 Å². The molecule has 4 aliphatic rings. The lowest BCUT2D eigenvalue weighted by molar-refractivity contribution is -0.0432. The van der Waals surface area contributed by atoms with Crippen LogP contribution in [0.3, 0.4) is 0 Å². The lowest BCUT2D eigenvalue weighted by Crippen LogP contribution is -2.59. The Balaban J connectivity index is 1.80. The molecule has 1 fully saturated rings. The van der Waals surface area contributed by atoms with Crippen molar-refractivity contribution in [1.82, 2.24) is 0 Å². The topological polar surface area (TPSA) is 0 Å². The minimum atomic E-state index is -0.116. The third-order valence-electron chi connectivity index (χ3n) is 12.4. The van der Waals surface area contributed by atoms with Gasteiger partial charge in [0.2, 0.25) is 0 Å². The van der Waals surface area contributed by atoms with Crippen LogP contribution in [0.4, 0.5) is 0 Å². The molecule has 0 heteroatoms. The molecule has 38 heavy (non-hydrogen) atoms. The van der Waals surface area contributed by atoms with E-state index in [0.717, 1.165) is 17.9 Å². The largest absolute Gasteiger partial charge is 0.0955 e. The minimum absolute atomic E-state index is 0.0604. The Bertz CT molecular complexity index is 1270. The number of benzene rings is 1. The first kappa shape index (κ1) is 27.5. The molecule has 1 aromatic carbocycles. The van der Waals surface area contributed by atoms with Crippen LogP contribution in [-0.4, -0.2) is 0 Å². The van der Waals surface area contributed by atoms with Crippen LogP contribution < -0.4 is 0 Å². The molecule has 5 rings (SSSR count). The fourth-order valence-corrected chi connectivity index (χ4v) is 10.7. The Hall–Kier alpha value is -2.08. The van der Waals surface area contributed by atoms with Crippen molar-refractivity contribution >= 4 is 5.57 Å². The molecule has 0 N–H and O–H groups in total. The van der Waals surface area contributed by atoms with Gasteiger partial charge in [0.25, 0.3) is 0 Å². The van der Waals surface area contributed by atoms with Crippen molar-refractivity contribution < 1.29 is 0 Å². The summed E-state index contributed by atoms with van der Waals surface area (Å²) in [6, 6.07) is 7.06. The van der Waals surface area contributed by atoms with Gasteiger partial charge in [0, 0.05) is 10.8 Å². The average molecular weight is 509 g/mol. The first-order valence-electron chi connectivity index (χ1n) is 15.4. The number of aryl methyl sites for hydroxylation is 1. The number of hydrogen-bond acceptors (Lipinski definition) is 0. The summed E-state index contributed by atoms with van der Waals surface area (Å²) in [7, 11) is 0. The van der Waals surface area contributed by atoms with Crippen molar-refractivity contribution in [3.8, 4) is 0 Å². The van der Waals surface area contributed by atoms with Crippen molar-refractivity contribution in [2.24, 2.45) is 28.1 Å². The van der Waals surface area contributed by atoms with Gasteiger partial charge in [-0.3, -0.25) is 0 Å². The minimum Gasteiger partial charge on any atom is -0.0955 e. The molecule has 1 aromatic rings. The predicted molar refractivity (Wildman–Crippen MR) is 166 cm³/mol.